The van der Waals surface area contributed by atoms with Crippen LogP contribution in [-0.2, 0) is 6.42 Å². The summed E-state index contributed by atoms with van der Waals surface area (Å²) in [5, 5.41) is 0. The van der Waals surface area contributed by atoms with Crippen LogP contribution in [0.25, 0.3) is 0 Å². The summed E-state index contributed by atoms with van der Waals surface area (Å²) in [6.07, 6.45) is 13.8. The predicted molar refractivity (Wildman–Crippen MR) is 150 cm³/mol. The van der Waals surface area contributed by atoms with Gasteiger partial charge < -0.3 is 21.3 Å². The number of hydrogen-bond acceptors (Lipinski definition) is 6. The zero-order chi connectivity index (χ0) is 25.7. The minimum Gasteiger partial charge on any atom is -0.404 e. The second-order valence-corrected chi connectivity index (χ2v) is 9.47. The highest BCUT2D eigenvalue weighted by Gasteiger charge is 2.25. The van der Waals surface area contributed by atoms with Gasteiger partial charge in [-0.1, -0.05) is 52.3 Å². The first kappa shape index (κ1) is 29.3. The van der Waals surface area contributed by atoms with Gasteiger partial charge in [0.2, 0.25) is 5.95 Å². The monoisotopic (exact) mass is 470 g/mol. The van der Waals surface area contributed by atoms with Crippen LogP contribution in [-0.4, -0.2) is 41.0 Å². The Morgan fingerprint density at radius 3 is 2.21 bits per heavy atom. The van der Waals surface area contributed by atoms with Crippen LogP contribution >= 0.6 is 0 Å². The largest absolute Gasteiger partial charge is 0.404 e. The van der Waals surface area contributed by atoms with Crippen molar-refractivity contribution < 1.29 is 1.43 Å². The highest BCUT2D eigenvalue weighted by molar-refractivity contribution is 5.37. The second-order valence-electron chi connectivity index (χ2n) is 9.47. The first-order chi connectivity index (χ1) is 16.2. The standard InChI is InChI=1S/C22H36N6.C6H12.H2/c1-7-18(14-23)13-21(24)27(6)19-8-10-28(11-9-19)22-25-16(4)20(12-15(2)3)17(5)26-22;1-3-5-6-4-2;/h7,13-15,19H,1,8-12,23-24H2,2-6H3;3H,1,4-6H2,2H3;1H/b18-14-,21-13+;;. The Hall–Kier alpha value is -2.76. The van der Waals surface area contributed by atoms with E-state index in [0.29, 0.717) is 17.8 Å². The molecule has 0 aliphatic carbocycles. The minimum atomic E-state index is 0. The molecule has 2 heterocycles. The van der Waals surface area contributed by atoms with E-state index < -0.39 is 0 Å². The molecule has 2 rings (SSSR count). The van der Waals surface area contributed by atoms with Crippen LogP contribution in [0.3, 0.4) is 0 Å². The number of aromatic nitrogens is 2. The maximum absolute atomic E-state index is 6.25. The summed E-state index contributed by atoms with van der Waals surface area (Å²) >= 11 is 0. The van der Waals surface area contributed by atoms with Crippen molar-refractivity contribution in [1.29, 1.82) is 0 Å². The normalized spacial score (nSPS) is 15.1. The van der Waals surface area contributed by atoms with Crippen molar-refractivity contribution in [3.8, 4) is 0 Å². The molecule has 0 amide bonds. The Morgan fingerprint density at radius 2 is 1.79 bits per heavy atom. The van der Waals surface area contributed by atoms with Crippen LogP contribution in [0.4, 0.5) is 5.95 Å². The minimum absolute atomic E-state index is 0. The number of allylic oxidation sites excluding steroid dienone is 4. The summed E-state index contributed by atoms with van der Waals surface area (Å²) in [7, 11) is 2.04. The molecule has 192 valence electrons. The molecule has 0 aromatic carbocycles. The summed E-state index contributed by atoms with van der Waals surface area (Å²) in [6, 6.07) is 0.388. The molecule has 1 saturated heterocycles. The lowest BCUT2D eigenvalue weighted by atomic mass is 10.0. The molecule has 1 aliphatic rings. The predicted octanol–water partition coefficient (Wildman–Crippen LogP) is 5.63. The first-order valence-electron chi connectivity index (χ1n) is 12.6. The molecular formula is C28H50N6. The molecule has 0 radical (unpaired) electrons. The van der Waals surface area contributed by atoms with E-state index in [9.17, 15) is 0 Å². The molecule has 0 atom stereocenters. The molecule has 6 nitrogen and oxygen atoms in total. The average Bonchev–Trinajstić information content (AvgIpc) is 2.83. The zero-order valence-corrected chi connectivity index (χ0v) is 22.5. The third-order valence-corrected chi connectivity index (χ3v) is 6.23. The van der Waals surface area contributed by atoms with Gasteiger partial charge in [-0.05, 0) is 62.7 Å². The van der Waals surface area contributed by atoms with Crippen molar-refractivity contribution in [1.82, 2.24) is 14.9 Å². The Morgan fingerprint density at radius 1 is 1.21 bits per heavy atom. The number of unbranched alkanes of at least 4 members (excludes halogenated alkanes) is 2. The molecule has 0 bridgehead atoms. The third kappa shape index (κ3) is 9.24. The molecule has 1 aromatic heterocycles. The summed E-state index contributed by atoms with van der Waals surface area (Å²) in [6.45, 7) is 20.0. The summed E-state index contributed by atoms with van der Waals surface area (Å²) in [5.41, 5.74) is 16.1. The number of nitrogens with two attached hydrogens (primary N) is 2. The lowest BCUT2D eigenvalue weighted by molar-refractivity contribution is 0.254. The van der Waals surface area contributed by atoms with E-state index in [1.165, 1.54) is 31.0 Å². The fourth-order valence-corrected chi connectivity index (χ4v) is 4.03. The Bertz CT molecular complexity index is 815. The molecule has 0 spiro atoms. The van der Waals surface area contributed by atoms with E-state index >= 15 is 0 Å². The highest BCUT2D eigenvalue weighted by Crippen LogP contribution is 2.24. The van der Waals surface area contributed by atoms with Gasteiger partial charge in [0.15, 0.2) is 0 Å². The van der Waals surface area contributed by atoms with Crippen molar-refractivity contribution in [3.63, 3.8) is 0 Å². The third-order valence-electron chi connectivity index (χ3n) is 6.23. The molecule has 34 heavy (non-hydrogen) atoms. The van der Waals surface area contributed by atoms with E-state index in [0.717, 1.165) is 55.3 Å². The molecule has 6 heteroatoms. The molecule has 0 unspecified atom stereocenters. The Kier molecular flexibility index (Phi) is 13.1. The first-order valence-corrected chi connectivity index (χ1v) is 12.6. The van der Waals surface area contributed by atoms with Crippen LogP contribution in [0.15, 0.2) is 49.0 Å². The van der Waals surface area contributed by atoms with Crippen molar-refractivity contribution >= 4 is 5.95 Å². The second kappa shape index (κ2) is 15.2. The molecular weight excluding hydrogens is 420 g/mol. The number of aryl methyl sites for hydroxylation is 2. The maximum atomic E-state index is 6.25. The van der Waals surface area contributed by atoms with Gasteiger partial charge in [0.05, 0.1) is 5.82 Å². The van der Waals surface area contributed by atoms with Gasteiger partial charge in [0.1, 0.15) is 0 Å². The topological polar surface area (TPSA) is 84.3 Å². The lowest BCUT2D eigenvalue weighted by Crippen LogP contribution is -2.45. The zero-order valence-electron chi connectivity index (χ0n) is 22.5. The van der Waals surface area contributed by atoms with Gasteiger partial charge in [0, 0.05) is 45.2 Å². The van der Waals surface area contributed by atoms with Gasteiger partial charge in [-0.15, -0.1) is 6.58 Å². The fourth-order valence-electron chi connectivity index (χ4n) is 4.03. The van der Waals surface area contributed by atoms with E-state index in [-0.39, 0.29) is 1.43 Å². The number of anilines is 1. The van der Waals surface area contributed by atoms with Crippen LogP contribution in [0, 0.1) is 19.8 Å². The van der Waals surface area contributed by atoms with Crippen molar-refractivity contribution in [2.75, 3.05) is 25.0 Å². The van der Waals surface area contributed by atoms with Crippen LogP contribution in [0.1, 0.15) is 71.3 Å². The van der Waals surface area contributed by atoms with E-state index in [1.54, 1.807) is 6.08 Å². The Balaban J connectivity index is 0.00000147. The van der Waals surface area contributed by atoms with Gasteiger partial charge in [-0.25, -0.2) is 9.97 Å². The fraction of sp³-hybridized carbons (Fsp3) is 0.571. The van der Waals surface area contributed by atoms with Crippen molar-refractivity contribution in [2.45, 2.75) is 79.2 Å². The highest BCUT2D eigenvalue weighted by atomic mass is 15.3. The van der Waals surface area contributed by atoms with Crippen molar-refractivity contribution in [3.05, 3.63) is 65.9 Å². The van der Waals surface area contributed by atoms with Crippen LogP contribution < -0.4 is 16.4 Å². The van der Waals surface area contributed by atoms with E-state index in [2.05, 4.69) is 57.6 Å². The summed E-state index contributed by atoms with van der Waals surface area (Å²) in [4.78, 5) is 14.0. The summed E-state index contributed by atoms with van der Waals surface area (Å²) < 4.78 is 0. The van der Waals surface area contributed by atoms with Gasteiger partial charge in [0.25, 0.3) is 0 Å². The molecule has 1 fully saturated rings. The van der Waals surface area contributed by atoms with E-state index in [4.69, 9.17) is 21.4 Å². The van der Waals surface area contributed by atoms with Crippen LogP contribution in [0.2, 0.25) is 0 Å². The molecule has 4 N–H and O–H groups in total. The maximum Gasteiger partial charge on any atom is 0.225 e. The van der Waals surface area contributed by atoms with Gasteiger partial charge >= 0.3 is 0 Å². The Labute approximate surface area is 210 Å². The number of nitrogens with zero attached hydrogens (tertiary/aromatic N) is 4. The number of rotatable bonds is 10. The lowest BCUT2D eigenvalue weighted by Gasteiger charge is -2.38. The SMILES string of the molecule is C=CC(=C/N)/C=C(\N)N(C)C1CCN(c2nc(C)c(CC(C)C)c(C)n2)CC1.C=CCCCC.[HH]. The number of hydrogen-bond donors (Lipinski definition) is 2. The smallest absolute Gasteiger partial charge is 0.225 e. The van der Waals surface area contributed by atoms with E-state index in [1.807, 2.05) is 19.2 Å². The molecule has 1 aromatic rings. The summed E-state index contributed by atoms with van der Waals surface area (Å²) in [5.74, 6) is 2.16. The quantitative estimate of drug-likeness (QED) is 0.262. The van der Waals surface area contributed by atoms with Crippen molar-refractivity contribution in [2.24, 2.45) is 17.4 Å². The average molecular weight is 471 g/mol. The number of piperidine rings is 1. The molecule has 1 aliphatic heterocycles. The van der Waals surface area contributed by atoms with Gasteiger partial charge in [-0.3, -0.25) is 0 Å². The van der Waals surface area contributed by atoms with Crippen LogP contribution in [0.5, 0.6) is 0 Å². The van der Waals surface area contributed by atoms with Gasteiger partial charge in [-0.2, -0.15) is 0 Å². The molecule has 0 saturated carbocycles.